The predicted molar refractivity (Wildman–Crippen MR) is 73.7 cm³/mol. The van der Waals surface area contributed by atoms with Gasteiger partial charge in [0.25, 0.3) is 0 Å². The van der Waals surface area contributed by atoms with Crippen molar-refractivity contribution in [2.45, 2.75) is 58.8 Å². The number of nitrogens with one attached hydrogen (secondary N) is 1. The summed E-state index contributed by atoms with van der Waals surface area (Å²) in [6.07, 6.45) is 0.438. The molecule has 0 saturated heterocycles. The van der Waals surface area contributed by atoms with E-state index in [2.05, 4.69) is 39.9 Å². The Kier molecular flexibility index (Phi) is 8.39. The number of hydrogen-bond donors (Lipinski definition) is 2. The van der Waals surface area contributed by atoms with E-state index in [4.69, 9.17) is 16.3 Å². The van der Waals surface area contributed by atoms with Crippen LogP contribution in [0.1, 0.15) is 41.0 Å². The number of hydrogen-bond acceptors (Lipinski definition) is 3. The Morgan fingerprint density at radius 3 is 2.35 bits per heavy atom. The van der Waals surface area contributed by atoms with Crippen molar-refractivity contribution in [3.63, 3.8) is 0 Å². The third kappa shape index (κ3) is 9.83. The van der Waals surface area contributed by atoms with E-state index >= 15 is 0 Å². The first-order valence-electron chi connectivity index (χ1n) is 6.38. The highest BCUT2D eigenvalue weighted by Crippen LogP contribution is 2.18. The van der Waals surface area contributed by atoms with Gasteiger partial charge in [-0.3, -0.25) is 0 Å². The summed E-state index contributed by atoms with van der Waals surface area (Å²) in [5, 5.41) is 12.6. The smallest absolute Gasteiger partial charge is 0.0799 e. The lowest BCUT2D eigenvalue weighted by atomic mass is 9.99. The van der Waals surface area contributed by atoms with Gasteiger partial charge in [0, 0.05) is 25.1 Å². The molecule has 2 unspecified atom stereocenters. The molecule has 0 aromatic rings. The second kappa shape index (κ2) is 8.30. The first-order valence-corrected chi connectivity index (χ1v) is 6.91. The molecular weight excluding hydrogens is 238 g/mol. The molecule has 4 heteroatoms. The molecule has 0 aromatic carbocycles. The van der Waals surface area contributed by atoms with Crippen LogP contribution in [0.3, 0.4) is 0 Å². The summed E-state index contributed by atoms with van der Waals surface area (Å²) in [5.74, 6) is 0.822. The standard InChI is InChI=1S/C13H28ClNO2/c1-10(2)9-17-13(4,5)6-11(3)15-8-12(16)7-14/h10-12,15-16H,6-9H2,1-5H3. The van der Waals surface area contributed by atoms with Crippen molar-refractivity contribution in [2.75, 3.05) is 19.0 Å². The fourth-order valence-electron chi connectivity index (χ4n) is 1.65. The van der Waals surface area contributed by atoms with E-state index in [-0.39, 0.29) is 11.5 Å². The van der Waals surface area contributed by atoms with Gasteiger partial charge < -0.3 is 15.2 Å². The van der Waals surface area contributed by atoms with E-state index in [9.17, 15) is 5.11 Å². The zero-order valence-corrected chi connectivity index (χ0v) is 12.5. The van der Waals surface area contributed by atoms with Gasteiger partial charge in [-0.1, -0.05) is 13.8 Å². The Morgan fingerprint density at radius 2 is 1.88 bits per heavy atom. The van der Waals surface area contributed by atoms with Gasteiger partial charge in [0.15, 0.2) is 0 Å². The highest BCUT2D eigenvalue weighted by molar-refractivity contribution is 6.18. The minimum atomic E-state index is -0.473. The van der Waals surface area contributed by atoms with E-state index in [1.807, 2.05) is 0 Å². The van der Waals surface area contributed by atoms with Gasteiger partial charge in [0.05, 0.1) is 11.7 Å². The number of ether oxygens (including phenoxy) is 1. The molecule has 0 spiro atoms. The molecule has 0 bridgehead atoms. The van der Waals surface area contributed by atoms with Gasteiger partial charge in [-0.15, -0.1) is 11.6 Å². The first kappa shape index (κ1) is 17.2. The third-order valence-corrected chi connectivity index (χ3v) is 2.84. The van der Waals surface area contributed by atoms with E-state index in [0.717, 1.165) is 13.0 Å². The number of rotatable bonds is 9. The van der Waals surface area contributed by atoms with Crippen LogP contribution in [0.5, 0.6) is 0 Å². The number of aliphatic hydroxyl groups is 1. The molecule has 0 fully saturated rings. The van der Waals surface area contributed by atoms with Crippen LogP contribution in [0.15, 0.2) is 0 Å². The molecular formula is C13H28ClNO2. The van der Waals surface area contributed by atoms with Crippen LogP contribution in [0.25, 0.3) is 0 Å². The Labute approximate surface area is 111 Å². The monoisotopic (exact) mass is 265 g/mol. The average Bonchev–Trinajstić information content (AvgIpc) is 2.22. The van der Waals surface area contributed by atoms with Crippen molar-refractivity contribution in [3.8, 4) is 0 Å². The lowest BCUT2D eigenvalue weighted by Gasteiger charge is -2.30. The molecule has 0 aliphatic carbocycles. The van der Waals surface area contributed by atoms with Gasteiger partial charge in [-0.25, -0.2) is 0 Å². The van der Waals surface area contributed by atoms with Crippen LogP contribution in [0.4, 0.5) is 0 Å². The summed E-state index contributed by atoms with van der Waals surface area (Å²) in [7, 11) is 0. The van der Waals surface area contributed by atoms with Crippen molar-refractivity contribution in [1.29, 1.82) is 0 Å². The molecule has 104 valence electrons. The van der Waals surface area contributed by atoms with Crippen molar-refractivity contribution >= 4 is 11.6 Å². The maximum absolute atomic E-state index is 9.36. The molecule has 0 aliphatic rings. The number of aliphatic hydroxyl groups excluding tert-OH is 1. The Balaban J connectivity index is 3.87. The fraction of sp³-hybridized carbons (Fsp3) is 1.00. The molecule has 3 nitrogen and oxygen atoms in total. The first-order chi connectivity index (χ1) is 7.76. The molecule has 0 heterocycles. The van der Waals surface area contributed by atoms with Crippen LogP contribution >= 0.6 is 11.6 Å². The van der Waals surface area contributed by atoms with Gasteiger partial charge in [-0.2, -0.15) is 0 Å². The molecule has 0 rings (SSSR count). The molecule has 0 amide bonds. The van der Waals surface area contributed by atoms with E-state index in [1.165, 1.54) is 0 Å². The van der Waals surface area contributed by atoms with E-state index < -0.39 is 6.10 Å². The van der Waals surface area contributed by atoms with Crippen LogP contribution in [-0.2, 0) is 4.74 Å². The normalized spacial score (nSPS) is 16.2. The van der Waals surface area contributed by atoms with Gasteiger partial charge in [0.2, 0.25) is 0 Å². The molecule has 0 radical (unpaired) electrons. The maximum Gasteiger partial charge on any atom is 0.0799 e. The highest BCUT2D eigenvalue weighted by atomic mass is 35.5. The second-order valence-corrected chi connectivity index (χ2v) is 6.09. The zero-order chi connectivity index (χ0) is 13.5. The van der Waals surface area contributed by atoms with Gasteiger partial charge in [0.1, 0.15) is 0 Å². The highest BCUT2D eigenvalue weighted by Gasteiger charge is 2.22. The third-order valence-electron chi connectivity index (χ3n) is 2.49. The number of halogens is 1. The summed E-state index contributed by atoms with van der Waals surface area (Å²) < 4.78 is 5.87. The Hall–Kier alpha value is 0.170. The topological polar surface area (TPSA) is 41.5 Å². The molecule has 2 atom stereocenters. The summed E-state index contributed by atoms with van der Waals surface area (Å²) in [4.78, 5) is 0. The minimum Gasteiger partial charge on any atom is -0.391 e. The summed E-state index contributed by atoms with van der Waals surface area (Å²) in [6, 6.07) is 0.301. The molecule has 0 aliphatic heterocycles. The largest absolute Gasteiger partial charge is 0.391 e. The van der Waals surface area contributed by atoms with Crippen LogP contribution < -0.4 is 5.32 Å². The lowest BCUT2D eigenvalue weighted by Crippen LogP contribution is -2.40. The molecule has 0 aromatic heterocycles. The van der Waals surface area contributed by atoms with Crippen molar-refractivity contribution in [1.82, 2.24) is 5.32 Å². The van der Waals surface area contributed by atoms with Crippen LogP contribution in [-0.4, -0.2) is 41.9 Å². The van der Waals surface area contributed by atoms with Crippen molar-refractivity contribution in [3.05, 3.63) is 0 Å². The van der Waals surface area contributed by atoms with Crippen molar-refractivity contribution < 1.29 is 9.84 Å². The minimum absolute atomic E-state index is 0.136. The molecule has 2 N–H and O–H groups in total. The van der Waals surface area contributed by atoms with Crippen LogP contribution in [0, 0.1) is 5.92 Å². The van der Waals surface area contributed by atoms with Gasteiger partial charge in [-0.05, 0) is 33.1 Å². The predicted octanol–water partition coefficient (Wildman–Crippen LogP) is 2.41. The zero-order valence-electron chi connectivity index (χ0n) is 11.8. The SMILES string of the molecule is CC(C)COC(C)(C)CC(C)NCC(O)CCl. The average molecular weight is 266 g/mol. The van der Waals surface area contributed by atoms with Gasteiger partial charge >= 0.3 is 0 Å². The second-order valence-electron chi connectivity index (χ2n) is 5.79. The Morgan fingerprint density at radius 1 is 1.29 bits per heavy atom. The Bertz CT molecular complexity index is 198. The lowest BCUT2D eigenvalue weighted by molar-refractivity contribution is -0.0412. The summed E-state index contributed by atoms with van der Waals surface area (Å²) in [6.45, 7) is 11.9. The molecule has 17 heavy (non-hydrogen) atoms. The maximum atomic E-state index is 9.36. The quantitative estimate of drug-likeness (QED) is 0.629. The van der Waals surface area contributed by atoms with E-state index in [0.29, 0.717) is 18.5 Å². The fourth-order valence-corrected chi connectivity index (χ4v) is 1.76. The molecule has 0 saturated carbocycles. The van der Waals surface area contributed by atoms with Crippen molar-refractivity contribution in [2.24, 2.45) is 5.92 Å². The van der Waals surface area contributed by atoms with Crippen LogP contribution in [0.2, 0.25) is 0 Å². The summed E-state index contributed by atoms with van der Waals surface area (Å²) >= 11 is 5.54. The summed E-state index contributed by atoms with van der Waals surface area (Å²) in [5.41, 5.74) is -0.136. The van der Waals surface area contributed by atoms with E-state index in [1.54, 1.807) is 0 Å². The number of alkyl halides is 1.